The fourth-order valence-corrected chi connectivity index (χ4v) is 1.47. The summed E-state index contributed by atoms with van der Waals surface area (Å²) < 4.78 is 0. The molecule has 1 atom stereocenters. The molecule has 0 saturated carbocycles. The van der Waals surface area contributed by atoms with Gasteiger partial charge in [0.1, 0.15) is 5.69 Å². The minimum Gasteiger partial charge on any atom is -0.196 e. The van der Waals surface area contributed by atoms with E-state index in [1.165, 1.54) is 0 Å². The molecule has 1 heterocycles. The smallest absolute Gasteiger partial charge is 0.174 e. The van der Waals surface area contributed by atoms with Crippen molar-refractivity contribution in [3.05, 3.63) is 35.2 Å². The Morgan fingerprint density at radius 2 is 2.33 bits per heavy atom. The van der Waals surface area contributed by atoms with Crippen molar-refractivity contribution < 1.29 is 0 Å². The fraction of sp³-hybridized carbons (Fsp3) is 0.250. The molecule has 2 rings (SSSR count). The first-order valence-corrected chi connectivity index (χ1v) is 4.15. The number of allylic oxidation sites excluding steroid dienone is 4. The van der Waals surface area contributed by atoms with Gasteiger partial charge >= 0.3 is 0 Å². The molecule has 0 spiro atoms. The van der Waals surface area contributed by atoms with Gasteiger partial charge in [-0.15, -0.1) is 5.10 Å². The molecular formula is C8H8ClN3. The Morgan fingerprint density at radius 3 is 2.92 bits per heavy atom. The summed E-state index contributed by atoms with van der Waals surface area (Å²) >= 11 is 5.81. The van der Waals surface area contributed by atoms with Gasteiger partial charge in [-0.1, -0.05) is 35.9 Å². The van der Waals surface area contributed by atoms with Crippen LogP contribution in [0.3, 0.4) is 0 Å². The molecule has 12 heavy (non-hydrogen) atoms. The predicted octanol–water partition coefficient (Wildman–Crippen LogP) is 2.06. The van der Waals surface area contributed by atoms with E-state index < -0.39 is 0 Å². The fourth-order valence-electron chi connectivity index (χ4n) is 1.25. The second-order valence-electron chi connectivity index (χ2n) is 2.65. The van der Waals surface area contributed by atoms with Gasteiger partial charge in [0, 0.05) is 5.92 Å². The zero-order valence-electron chi connectivity index (χ0n) is 6.37. The Hall–Kier alpha value is -1.09. The molecule has 1 aromatic heterocycles. The van der Waals surface area contributed by atoms with E-state index in [2.05, 4.69) is 27.6 Å². The maximum Gasteiger partial charge on any atom is 0.174 e. The predicted molar refractivity (Wildman–Crippen MR) is 47.0 cm³/mol. The molecular weight excluding hydrogens is 174 g/mol. The molecule has 1 unspecified atom stereocenters. The van der Waals surface area contributed by atoms with Gasteiger partial charge in [-0.3, -0.25) is 0 Å². The minimum atomic E-state index is 0.279. The summed E-state index contributed by atoms with van der Waals surface area (Å²) in [6, 6.07) is 0. The maximum absolute atomic E-state index is 5.81. The van der Waals surface area contributed by atoms with E-state index in [-0.39, 0.29) is 5.92 Å². The van der Waals surface area contributed by atoms with Crippen molar-refractivity contribution in [1.29, 1.82) is 0 Å². The largest absolute Gasteiger partial charge is 0.196 e. The highest BCUT2D eigenvalue weighted by Crippen LogP contribution is 2.26. The van der Waals surface area contributed by atoms with Gasteiger partial charge in [-0.25, -0.2) is 0 Å². The lowest BCUT2D eigenvalue weighted by molar-refractivity contribution is 0.800. The molecule has 0 amide bonds. The first-order chi connectivity index (χ1) is 5.88. The molecule has 1 N–H and O–H groups in total. The molecule has 0 saturated heterocycles. The normalized spacial score (nSPS) is 21.6. The number of aromatic nitrogens is 3. The molecule has 1 aliphatic carbocycles. The number of halogens is 1. The van der Waals surface area contributed by atoms with E-state index in [9.17, 15) is 0 Å². The first-order valence-electron chi connectivity index (χ1n) is 3.77. The minimum absolute atomic E-state index is 0.279. The third-order valence-electron chi connectivity index (χ3n) is 1.86. The van der Waals surface area contributed by atoms with Crippen LogP contribution in [0.15, 0.2) is 24.3 Å². The van der Waals surface area contributed by atoms with Crippen LogP contribution in [0, 0.1) is 0 Å². The molecule has 0 radical (unpaired) electrons. The zero-order chi connectivity index (χ0) is 8.39. The third-order valence-corrected chi connectivity index (χ3v) is 2.14. The zero-order valence-corrected chi connectivity index (χ0v) is 7.12. The van der Waals surface area contributed by atoms with Crippen LogP contribution in [0.1, 0.15) is 18.0 Å². The van der Waals surface area contributed by atoms with Crippen molar-refractivity contribution in [2.24, 2.45) is 0 Å². The van der Waals surface area contributed by atoms with Crippen LogP contribution in [0.25, 0.3) is 0 Å². The molecule has 1 aromatic rings. The number of rotatable bonds is 1. The van der Waals surface area contributed by atoms with Crippen LogP contribution < -0.4 is 0 Å². The SMILES string of the molecule is Clc1n[nH]nc1C1C=CC=CC1. The monoisotopic (exact) mass is 181 g/mol. The van der Waals surface area contributed by atoms with Gasteiger partial charge in [-0.05, 0) is 6.42 Å². The molecule has 0 aliphatic heterocycles. The summed E-state index contributed by atoms with van der Waals surface area (Å²) in [5, 5.41) is 10.7. The van der Waals surface area contributed by atoms with E-state index in [0.717, 1.165) is 12.1 Å². The lowest BCUT2D eigenvalue weighted by Gasteiger charge is -2.08. The average Bonchev–Trinajstić information content (AvgIpc) is 2.53. The maximum atomic E-state index is 5.81. The number of hydrogen-bond acceptors (Lipinski definition) is 2. The number of nitrogens with zero attached hydrogens (tertiary/aromatic N) is 2. The third kappa shape index (κ3) is 1.28. The highest BCUT2D eigenvalue weighted by Gasteiger charge is 2.15. The van der Waals surface area contributed by atoms with Gasteiger partial charge in [0.25, 0.3) is 0 Å². The Morgan fingerprint density at radius 1 is 1.42 bits per heavy atom. The van der Waals surface area contributed by atoms with Gasteiger partial charge in [-0.2, -0.15) is 10.3 Å². The highest BCUT2D eigenvalue weighted by atomic mass is 35.5. The molecule has 3 nitrogen and oxygen atoms in total. The van der Waals surface area contributed by atoms with Crippen molar-refractivity contribution in [3.8, 4) is 0 Å². The lowest BCUT2D eigenvalue weighted by atomic mass is 9.98. The van der Waals surface area contributed by atoms with Crippen LogP contribution in [-0.4, -0.2) is 15.4 Å². The van der Waals surface area contributed by atoms with Gasteiger partial charge < -0.3 is 0 Å². The average molecular weight is 182 g/mol. The Labute approximate surface area is 75.1 Å². The molecule has 0 aromatic carbocycles. The molecule has 0 bridgehead atoms. The van der Waals surface area contributed by atoms with E-state index in [1.807, 2.05) is 12.2 Å². The molecule has 0 fully saturated rings. The second-order valence-corrected chi connectivity index (χ2v) is 3.01. The van der Waals surface area contributed by atoms with E-state index in [1.54, 1.807) is 0 Å². The second kappa shape index (κ2) is 3.11. The summed E-state index contributed by atoms with van der Waals surface area (Å²) in [5.74, 6) is 0.279. The Kier molecular flexibility index (Phi) is 1.96. The quantitative estimate of drug-likeness (QED) is 0.721. The number of nitrogens with one attached hydrogen (secondary N) is 1. The lowest BCUT2D eigenvalue weighted by Crippen LogP contribution is -1.97. The number of hydrogen-bond donors (Lipinski definition) is 1. The van der Waals surface area contributed by atoms with E-state index in [0.29, 0.717) is 5.15 Å². The molecule has 62 valence electrons. The van der Waals surface area contributed by atoms with Crippen LogP contribution >= 0.6 is 11.6 Å². The van der Waals surface area contributed by atoms with Crippen LogP contribution in [-0.2, 0) is 0 Å². The Balaban J connectivity index is 2.26. The van der Waals surface area contributed by atoms with Crippen molar-refractivity contribution in [2.45, 2.75) is 12.3 Å². The van der Waals surface area contributed by atoms with Crippen molar-refractivity contribution in [3.63, 3.8) is 0 Å². The van der Waals surface area contributed by atoms with Crippen LogP contribution in [0.2, 0.25) is 5.15 Å². The summed E-state index contributed by atoms with van der Waals surface area (Å²) in [6.07, 6.45) is 9.13. The van der Waals surface area contributed by atoms with Gasteiger partial charge in [0.15, 0.2) is 5.15 Å². The van der Waals surface area contributed by atoms with E-state index in [4.69, 9.17) is 11.6 Å². The summed E-state index contributed by atoms with van der Waals surface area (Å²) in [6.45, 7) is 0. The van der Waals surface area contributed by atoms with E-state index >= 15 is 0 Å². The highest BCUT2D eigenvalue weighted by molar-refractivity contribution is 6.30. The standard InChI is InChI=1S/C8H8ClN3/c9-8-7(10-12-11-8)6-4-2-1-3-5-6/h1-4,6H,5H2,(H,10,11,12). The van der Waals surface area contributed by atoms with Crippen molar-refractivity contribution in [1.82, 2.24) is 15.4 Å². The summed E-state index contributed by atoms with van der Waals surface area (Å²) in [7, 11) is 0. The number of aromatic amines is 1. The Bertz CT molecular complexity index is 327. The van der Waals surface area contributed by atoms with Crippen LogP contribution in [0.5, 0.6) is 0 Å². The molecule has 4 heteroatoms. The van der Waals surface area contributed by atoms with Crippen LogP contribution in [0.4, 0.5) is 0 Å². The topological polar surface area (TPSA) is 41.6 Å². The summed E-state index contributed by atoms with van der Waals surface area (Å²) in [5.41, 5.74) is 0.831. The van der Waals surface area contributed by atoms with Crippen molar-refractivity contribution in [2.75, 3.05) is 0 Å². The summed E-state index contributed by atoms with van der Waals surface area (Å²) in [4.78, 5) is 0. The molecule has 1 aliphatic rings. The number of H-pyrrole nitrogens is 1. The van der Waals surface area contributed by atoms with Gasteiger partial charge in [0.05, 0.1) is 0 Å². The van der Waals surface area contributed by atoms with Crippen molar-refractivity contribution >= 4 is 11.6 Å². The van der Waals surface area contributed by atoms with Gasteiger partial charge in [0.2, 0.25) is 0 Å². The first kappa shape index (κ1) is 7.55.